The van der Waals surface area contributed by atoms with Gasteiger partial charge in [-0.3, -0.25) is 4.79 Å². The predicted molar refractivity (Wildman–Crippen MR) is 97.7 cm³/mol. The lowest BCUT2D eigenvalue weighted by Gasteiger charge is -2.15. The van der Waals surface area contributed by atoms with Crippen LogP contribution >= 0.6 is 0 Å². The first-order valence-corrected chi connectivity index (χ1v) is 7.75. The fourth-order valence-corrected chi connectivity index (χ4v) is 2.37. The lowest BCUT2D eigenvalue weighted by Crippen LogP contribution is -2.25. The second kappa shape index (κ2) is 7.98. The number of aryl methyl sites for hydroxylation is 2. The highest BCUT2D eigenvalue weighted by atomic mass is 16.1. The molecule has 0 saturated heterocycles. The maximum atomic E-state index is 12.3. The van der Waals surface area contributed by atoms with Crippen molar-refractivity contribution < 1.29 is 4.79 Å². The van der Waals surface area contributed by atoms with Crippen molar-refractivity contribution >= 4 is 17.2 Å². The number of nitriles is 1. The van der Waals surface area contributed by atoms with E-state index in [-0.39, 0.29) is 12.3 Å². The lowest BCUT2D eigenvalue weighted by molar-refractivity contribution is -0.118. The second-order valence-electron chi connectivity index (χ2n) is 5.77. The summed E-state index contributed by atoms with van der Waals surface area (Å²) in [5.41, 5.74) is 4.26. The van der Waals surface area contributed by atoms with Crippen LogP contribution in [-0.2, 0) is 4.79 Å². The Kier molecular flexibility index (Phi) is 5.75. The number of benzene rings is 2. The third kappa shape index (κ3) is 4.72. The van der Waals surface area contributed by atoms with Crippen LogP contribution in [0.3, 0.4) is 0 Å². The van der Waals surface area contributed by atoms with Gasteiger partial charge in [0, 0.05) is 17.1 Å². The molecule has 0 saturated carbocycles. The summed E-state index contributed by atoms with van der Waals surface area (Å²) in [4.78, 5) is 12.3. The van der Waals surface area contributed by atoms with Crippen LogP contribution in [0.1, 0.15) is 11.1 Å². The molecule has 0 spiro atoms. The van der Waals surface area contributed by atoms with Crippen LogP contribution in [0.4, 0.5) is 11.4 Å². The minimum Gasteiger partial charge on any atom is -0.378 e. The third-order valence-electron chi connectivity index (χ3n) is 3.61. The maximum Gasteiger partial charge on any atom is 0.174 e. The summed E-state index contributed by atoms with van der Waals surface area (Å²) < 4.78 is 0. The van der Waals surface area contributed by atoms with Gasteiger partial charge in [0.1, 0.15) is 5.92 Å². The Bertz CT molecular complexity index is 789. The van der Waals surface area contributed by atoms with E-state index in [2.05, 4.69) is 17.2 Å². The summed E-state index contributed by atoms with van der Waals surface area (Å²) in [7, 11) is 0. The number of hydrogen-bond donors (Lipinski definition) is 2. The summed E-state index contributed by atoms with van der Waals surface area (Å²) in [5, 5.41) is 15.5. The topological polar surface area (TPSA) is 64.9 Å². The van der Waals surface area contributed by atoms with E-state index in [1.807, 2.05) is 68.4 Å². The molecule has 24 heavy (non-hydrogen) atoms. The van der Waals surface area contributed by atoms with Crippen molar-refractivity contribution in [3.8, 4) is 6.07 Å². The molecule has 2 aromatic rings. The Balaban J connectivity index is 1.98. The number of nitrogens with zero attached hydrogens (tertiary/aromatic N) is 1. The second-order valence-corrected chi connectivity index (χ2v) is 5.77. The highest BCUT2D eigenvalue weighted by Crippen LogP contribution is 2.17. The van der Waals surface area contributed by atoms with E-state index in [1.54, 1.807) is 0 Å². The summed E-state index contributed by atoms with van der Waals surface area (Å²) in [6.45, 7) is 7.90. The Morgan fingerprint density at radius 3 is 2.29 bits per heavy atom. The third-order valence-corrected chi connectivity index (χ3v) is 3.61. The normalized spacial score (nSPS) is 11.2. The standard InChI is InChI=1S/C20H21N3O/c1-14-6-4-8-17(10-14)22-13-20(24)19(12-21)16(3)23-18-9-5-7-15(2)11-18/h4-11,19,22-23H,3,13H2,1-2H3/t19-/m1/s1. The molecule has 0 aliphatic heterocycles. The van der Waals surface area contributed by atoms with Crippen molar-refractivity contribution in [1.29, 1.82) is 5.26 Å². The Morgan fingerprint density at radius 1 is 1.12 bits per heavy atom. The molecule has 0 fully saturated rings. The van der Waals surface area contributed by atoms with Crippen LogP contribution in [0, 0.1) is 31.1 Å². The first-order valence-electron chi connectivity index (χ1n) is 7.75. The van der Waals surface area contributed by atoms with Gasteiger partial charge in [0.15, 0.2) is 5.78 Å². The molecule has 0 amide bonds. The Labute approximate surface area is 142 Å². The zero-order valence-corrected chi connectivity index (χ0v) is 14.0. The summed E-state index contributed by atoms with van der Waals surface area (Å²) >= 11 is 0. The van der Waals surface area contributed by atoms with Crippen molar-refractivity contribution in [2.24, 2.45) is 5.92 Å². The number of rotatable bonds is 7. The van der Waals surface area contributed by atoms with Crippen LogP contribution in [0.15, 0.2) is 60.8 Å². The molecule has 0 radical (unpaired) electrons. The van der Waals surface area contributed by atoms with Gasteiger partial charge < -0.3 is 10.6 Å². The van der Waals surface area contributed by atoms with E-state index in [1.165, 1.54) is 0 Å². The van der Waals surface area contributed by atoms with E-state index in [4.69, 9.17) is 0 Å². The molecular formula is C20H21N3O. The van der Waals surface area contributed by atoms with E-state index in [0.717, 1.165) is 22.5 Å². The number of anilines is 2. The minimum absolute atomic E-state index is 0.0796. The van der Waals surface area contributed by atoms with Crippen LogP contribution in [-0.4, -0.2) is 12.3 Å². The average Bonchev–Trinajstić information content (AvgIpc) is 2.53. The van der Waals surface area contributed by atoms with Crippen molar-refractivity contribution in [2.75, 3.05) is 17.2 Å². The molecule has 4 nitrogen and oxygen atoms in total. The van der Waals surface area contributed by atoms with E-state index in [9.17, 15) is 10.1 Å². The van der Waals surface area contributed by atoms with Crippen LogP contribution in [0.5, 0.6) is 0 Å². The zero-order valence-electron chi connectivity index (χ0n) is 14.0. The molecule has 2 rings (SSSR count). The number of Topliss-reactive ketones (excluding diaryl/α,β-unsaturated/α-hetero) is 1. The SMILES string of the molecule is C=C(Nc1cccc(C)c1)[C@@H](C#N)C(=O)CNc1cccc(C)c1. The fourth-order valence-electron chi connectivity index (χ4n) is 2.37. The smallest absolute Gasteiger partial charge is 0.174 e. The summed E-state index contributed by atoms with van der Waals surface area (Å²) in [6, 6.07) is 17.5. The fraction of sp³-hybridized carbons (Fsp3) is 0.200. The highest BCUT2D eigenvalue weighted by Gasteiger charge is 2.21. The number of hydrogen-bond acceptors (Lipinski definition) is 4. The molecule has 2 N–H and O–H groups in total. The first-order chi connectivity index (χ1) is 11.5. The molecule has 0 aliphatic rings. The first kappa shape index (κ1) is 17.3. The van der Waals surface area contributed by atoms with Crippen LogP contribution in [0.2, 0.25) is 0 Å². The van der Waals surface area contributed by atoms with Gasteiger partial charge in [0.05, 0.1) is 12.6 Å². The maximum absolute atomic E-state index is 12.3. The Hall–Kier alpha value is -3.06. The summed E-state index contributed by atoms with van der Waals surface area (Å²) in [5.74, 6) is -1.12. The number of carbonyl (C=O) groups is 1. The number of allylic oxidation sites excluding steroid dienone is 1. The van der Waals surface area contributed by atoms with E-state index >= 15 is 0 Å². The largest absolute Gasteiger partial charge is 0.378 e. The van der Waals surface area contributed by atoms with E-state index in [0.29, 0.717) is 5.70 Å². The van der Waals surface area contributed by atoms with Crippen molar-refractivity contribution in [2.45, 2.75) is 13.8 Å². The molecule has 2 aromatic carbocycles. The van der Waals surface area contributed by atoms with Gasteiger partial charge >= 0.3 is 0 Å². The van der Waals surface area contributed by atoms with Gasteiger partial charge in [-0.05, 0) is 49.2 Å². The molecule has 1 atom stereocenters. The zero-order chi connectivity index (χ0) is 17.5. The molecule has 0 heterocycles. The van der Waals surface area contributed by atoms with Crippen LogP contribution < -0.4 is 10.6 Å². The van der Waals surface area contributed by atoms with Crippen molar-refractivity contribution in [3.63, 3.8) is 0 Å². The van der Waals surface area contributed by atoms with Gasteiger partial charge in [-0.15, -0.1) is 0 Å². The number of ketones is 1. The number of nitrogens with one attached hydrogen (secondary N) is 2. The quantitative estimate of drug-likeness (QED) is 0.808. The predicted octanol–water partition coefficient (Wildman–Crippen LogP) is 4.05. The Morgan fingerprint density at radius 2 is 1.71 bits per heavy atom. The van der Waals surface area contributed by atoms with Gasteiger partial charge in [0.2, 0.25) is 0 Å². The minimum atomic E-state index is -0.900. The van der Waals surface area contributed by atoms with Gasteiger partial charge in [-0.1, -0.05) is 30.8 Å². The van der Waals surface area contributed by atoms with Crippen LogP contribution in [0.25, 0.3) is 0 Å². The van der Waals surface area contributed by atoms with Gasteiger partial charge in [-0.25, -0.2) is 0 Å². The van der Waals surface area contributed by atoms with Gasteiger partial charge in [0.25, 0.3) is 0 Å². The van der Waals surface area contributed by atoms with Crippen molar-refractivity contribution in [3.05, 3.63) is 71.9 Å². The summed E-state index contributed by atoms with van der Waals surface area (Å²) in [6.07, 6.45) is 0. The molecule has 122 valence electrons. The van der Waals surface area contributed by atoms with E-state index < -0.39 is 5.92 Å². The molecule has 4 heteroatoms. The molecular weight excluding hydrogens is 298 g/mol. The lowest BCUT2D eigenvalue weighted by atomic mass is 10.0. The monoisotopic (exact) mass is 319 g/mol. The highest BCUT2D eigenvalue weighted by molar-refractivity contribution is 5.90. The molecule has 0 bridgehead atoms. The molecule has 0 aliphatic carbocycles. The molecule has 0 aromatic heterocycles. The average molecular weight is 319 g/mol. The molecule has 0 unspecified atom stereocenters. The van der Waals surface area contributed by atoms with Gasteiger partial charge in [-0.2, -0.15) is 5.26 Å². The number of carbonyl (C=O) groups excluding carboxylic acids is 1. The van der Waals surface area contributed by atoms with Crippen molar-refractivity contribution in [1.82, 2.24) is 0 Å².